The number of rotatable bonds is 2. The second-order valence-electron chi connectivity index (χ2n) is 3.32. The topological polar surface area (TPSA) is 92.2 Å². The Balaban J connectivity index is -0.0000000358. The molecule has 0 aliphatic rings. The molecule has 0 aliphatic carbocycles. The van der Waals surface area contributed by atoms with Gasteiger partial charge in [0.25, 0.3) is 0 Å². The van der Waals surface area contributed by atoms with Gasteiger partial charge >= 0.3 is 0 Å². The smallest absolute Gasteiger partial charge is 0.0636 e. The normalized spacial score (nSPS) is 7.00. The van der Waals surface area contributed by atoms with Crippen molar-refractivity contribution in [1.29, 1.82) is 0 Å². The van der Waals surface area contributed by atoms with Crippen LogP contribution in [0.3, 0.4) is 0 Å². The molecule has 98 valence electrons. The second-order valence-corrected chi connectivity index (χ2v) is 3.32. The van der Waals surface area contributed by atoms with Crippen molar-refractivity contribution in [2.45, 2.75) is 33.8 Å². The molecular weight excluding hydrogens is 244 g/mol. The van der Waals surface area contributed by atoms with E-state index in [1.54, 1.807) is 27.7 Å². The molecule has 0 bridgehead atoms. The standard InChI is InChI=1S/2C4H8O.C3H8O.H2O.Ti/c2*1-4(2)3-5;1-3(2)4;;/h2*5H,1,3H2,2H3;3-4H,1-2H3;1H2;. The van der Waals surface area contributed by atoms with E-state index >= 15 is 0 Å². The first-order chi connectivity index (χ1) is 6.27. The Morgan fingerprint density at radius 1 is 1.00 bits per heavy atom. The fraction of sp³-hybridized carbons (Fsp3) is 0.636. The van der Waals surface area contributed by atoms with Gasteiger partial charge in [-0.05, 0) is 27.7 Å². The number of aliphatic hydroxyl groups excluding tert-OH is 3. The first-order valence-electron chi connectivity index (χ1n) is 4.46. The Bertz CT molecular complexity index is 130. The van der Waals surface area contributed by atoms with E-state index in [1.165, 1.54) is 0 Å². The van der Waals surface area contributed by atoms with E-state index in [4.69, 9.17) is 15.3 Å². The summed E-state index contributed by atoms with van der Waals surface area (Å²) in [7, 11) is 0. The molecule has 0 amide bonds. The Hall–Kier alpha value is 0.0343. The van der Waals surface area contributed by atoms with Crippen LogP contribution in [0.25, 0.3) is 0 Å². The summed E-state index contributed by atoms with van der Waals surface area (Å²) in [6.45, 7) is 14.1. The molecule has 0 aromatic carbocycles. The molecule has 0 saturated carbocycles. The van der Waals surface area contributed by atoms with E-state index in [-0.39, 0.29) is 46.5 Å². The Morgan fingerprint density at radius 3 is 1.06 bits per heavy atom. The van der Waals surface area contributed by atoms with Gasteiger partial charge < -0.3 is 20.8 Å². The maximum absolute atomic E-state index is 8.06. The molecule has 0 saturated heterocycles. The van der Waals surface area contributed by atoms with Gasteiger partial charge in [0.2, 0.25) is 0 Å². The van der Waals surface area contributed by atoms with Crippen LogP contribution < -0.4 is 0 Å². The van der Waals surface area contributed by atoms with Gasteiger partial charge in [-0.25, -0.2) is 0 Å². The van der Waals surface area contributed by atoms with E-state index in [2.05, 4.69) is 13.2 Å². The van der Waals surface area contributed by atoms with Crippen molar-refractivity contribution in [3.63, 3.8) is 0 Å². The molecule has 5 N–H and O–H groups in total. The van der Waals surface area contributed by atoms with Crippen molar-refractivity contribution in [2.24, 2.45) is 0 Å². The van der Waals surface area contributed by atoms with Crippen LogP contribution in [-0.4, -0.2) is 40.1 Å². The van der Waals surface area contributed by atoms with Crippen LogP contribution in [-0.2, 0) is 21.7 Å². The van der Waals surface area contributed by atoms with E-state index in [0.717, 1.165) is 11.1 Å². The molecule has 0 radical (unpaired) electrons. The number of hydrogen-bond acceptors (Lipinski definition) is 3. The van der Waals surface area contributed by atoms with Crippen LogP contribution in [0.15, 0.2) is 24.3 Å². The summed E-state index contributed by atoms with van der Waals surface area (Å²) in [6.07, 6.45) is -0.167. The molecule has 0 heterocycles. The van der Waals surface area contributed by atoms with Crippen molar-refractivity contribution < 1.29 is 42.5 Å². The molecule has 0 fully saturated rings. The van der Waals surface area contributed by atoms with Gasteiger partial charge in [-0.1, -0.05) is 24.3 Å². The summed E-state index contributed by atoms with van der Waals surface area (Å²) in [5.41, 5.74) is 1.62. The zero-order valence-corrected chi connectivity index (χ0v) is 12.3. The number of aliphatic hydroxyl groups is 3. The zero-order chi connectivity index (χ0) is 12.1. The largest absolute Gasteiger partial charge is 0.412 e. The van der Waals surface area contributed by atoms with Crippen LogP contribution >= 0.6 is 0 Å². The summed E-state index contributed by atoms with van der Waals surface area (Å²) in [5, 5.41) is 24.1. The van der Waals surface area contributed by atoms with E-state index in [0.29, 0.717) is 0 Å². The van der Waals surface area contributed by atoms with Gasteiger partial charge in [0.1, 0.15) is 0 Å². The van der Waals surface area contributed by atoms with Crippen molar-refractivity contribution in [2.75, 3.05) is 13.2 Å². The van der Waals surface area contributed by atoms with Crippen LogP contribution in [0.4, 0.5) is 0 Å². The molecule has 0 spiro atoms. The van der Waals surface area contributed by atoms with Crippen LogP contribution in [0.5, 0.6) is 0 Å². The second kappa shape index (κ2) is 24.3. The quantitative estimate of drug-likeness (QED) is 0.508. The maximum Gasteiger partial charge on any atom is 0.0636 e. The summed E-state index contributed by atoms with van der Waals surface area (Å²) < 4.78 is 0. The third-order valence-electron chi connectivity index (χ3n) is 0.540. The molecule has 4 nitrogen and oxygen atoms in total. The molecule has 0 atom stereocenters. The summed E-state index contributed by atoms with van der Waals surface area (Å²) in [5.74, 6) is 0. The first-order valence-corrected chi connectivity index (χ1v) is 4.46. The minimum Gasteiger partial charge on any atom is -0.412 e. The summed E-state index contributed by atoms with van der Waals surface area (Å²) in [6, 6.07) is 0. The van der Waals surface area contributed by atoms with Gasteiger partial charge in [0, 0.05) is 27.8 Å². The average Bonchev–Trinajstić information content (AvgIpc) is 2.04. The van der Waals surface area contributed by atoms with E-state index in [1.807, 2.05) is 0 Å². The van der Waals surface area contributed by atoms with Gasteiger partial charge in [-0.15, -0.1) is 0 Å². The van der Waals surface area contributed by atoms with Gasteiger partial charge in [-0.2, -0.15) is 0 Å². The summed E-state index contributed by atoms with van der Waals surface area (Å²) >= 11 is 0. The Morgan fingerprint density at radius 2 is 1.06 bits per heavy atom. The molecule has 16 heavy (non-hydrogen) atoms. The minimum absolute atomic E-state index is 0. The van der Waals surface area contributed by atoms with Crippen LogP contribution in [0.2, 0.25) is 0 Å². The van der Waals surface area contributed by atoms with Crippen molar-refractivity contribution in [1.82, 2.24) is 0 Å². The molecule has 0 aromatic heterocycles. The van der Waals surface area contributed by atoms with E-state index in [9.17, 15) is 0 Å². The molecular formula is C11H26O4Ti. The first kappa shape index (κ1) is 29.8. The molecule has 0 aliphatic heterocycles. The fourth-order valence-electron chi connectivity index (χ4n) is 0. The molecule has 0 rings (SSSR count). The van der Waals surface area contributed by atoms with Crippen molar-refractivity contribution in [3.8, 4) is 0 Å². The third kappa shape index (κ3) is 146. The molecule has 0 unspecified atom stereocenters. The van der Waals surface area contributed by atoms with Gasteiger partial charge in [-0.3, -0.25) is 0 Å². The van der Waals surface area contributed by atoms with Crippen molar-refractivity contribution >= 4 is 0 Å². The Labute approximate surface area is 114 Å². The number of hydrogen-bond donors (Lipinski definition) is 3. The monoisotopic (exact) mass is 270 g/mol. The van der Waals surface area contributed by atoms with Crippen LogP contribution in [0, 0.1) is 0 Å². The molecule has 0 aromatic rings. The maximum atomic E-state index is 8.06. The minimum atomic E-state index is -0.167. The fourth-order valence-corrected chi connectivity index (χ4v) is 0. The predicted molar refractivity (Wildman–Crippen MR) is 64.8 cm³/mol. The zero-order valence-electron chi connectivity index (χ0n) is 10.7. The van der Waals surface area contributed by atoms with Crippen molar-refractivity contribution in [3.05, 3.63) is 24.3 Å². The van der Waals surface area contributed by atoms with Crippen LogP contribution in [0.1, 0.15) is 27.7 Å². The Kier molecular flexibility index (Phi) is 45.2. The van der Waals surface area contributed by atoms with E-state index < -0.39 is 0 Å². The summed E-state index contributed by atoms with van der Waals surface area (Å²) in [4.78, 5) is 0. The predicted octanol–water partition coefficient (Wildman–Crippen LogP) is 0.669. The molecule has 5 heteroatoms. The van der Waals surface area contributed by atoms with Gasteiger partial charge in [0.05, 0.1) is 13.2 Å². The third-order valence-corrected chi connectivity index (χ3v) is 0.540. The SMILES string of the molecule is C=C(C)CO.C=C(C)CO.CC(C)O.O.[Ti]. The van der Waals surface area contributed by atoms with Gasteiger partial charge in [0.15, 0.2) is 0 Å². The average molecular weight is 270 g/mol.